The highest BCUT2D eigenvalue weighted by molar-refractivity contribution is 5.99. The van der Waals surface area contributed by atoms with E-state index in [-0.39, 0.29) is 17.9 Å². The molecule has 2 amide bonds. The highest BCUT2D eigenvalue weighted by Gasteiger charge is 2.31. The Morgan fingerprint density at radius 3 is 2.86 bits per heavy atom. The van der Waals surface area contributed by atoms with Crippen molar-refractivity contribution < 1.29 is 9.59 Å². The first-order valence-corrected chi connectivity index (χ1v) is 7.75. The molecule has 5 heteroatoms. The smallest absolute Gasteiger partial charge is 0.249 e. The van der Waals surface area contributed by atoms with Crippen LogP contribution < -0.4 is 10.2 Å². The summed E-state index contributed by atoms with van der Waals surface area (Å²) in [7, 11) is 0. The van der Waals surface area contributed by atoms with E-state index >= 15 is 0 Å². The predicted molar refractivity (Wildman–Crippen MR) is 79.7 cm³/mol. The van der Waals surface area contributed by atoms with Gasteiger partial charge in [0.2, 0.25) is 11.8 Å². The zero-order valence-electron chi connectivity index (χ0n) is 12.1. The molecule has 1 saturated heterocycles. The van der Waals surface area contributed by atoms with Crippen molar-refractivity contribution in [3.05, 3.63) is 24.5 Å². The second-order valence-corrected chi connectivity index (χ2v) is 5.96. The molecule has 1 atom stereocenters. The standard InChI is InChI=1S/C16H21N3O2/c20-15(10-12-4-1-5-12)18-14-7-3-9-19(16(14)21)13-6-2-8-17-11-13/h2,6,8,11-12,14H,1,3-5,7,9-10H2,(H,18,20)/t14-/m0/s1. The highest BCUT2D eigenvalue weighted by Crippen LogP contribution is 2.29. The Morgan fingerprint density at radius 1 is 1.33 bits per heavy atom. The minimum absolute atomic E-state index is 0.0174. The number of hydrogen-bond donors (Lipinski definition) is 1. The minimum atomic E-state index is -0.383. The zero-order valence-corrected chi connectivity index (χ0v) is 12.1. The van der Waals surface area contributed by atoms with Crippen LogP contribution >= 0.6 is 0 Å². The van der Waals surface area contributed by atoms with Gasteiger partial charge in [0, 0.05) is 19.2 Å². The summed E-state index contributed by atoms with van der Waals surface area (Å²) in [5.41, 5.74) is 0.806. The van der Waals surface area contributed by atoms with Crippen molar-refractivity contribution in [1.82, 2.24) is 10.3 Å². The number of pyridine rings is 1. The fourth-order valence-corrected chi connectivity index (χ4v) is 2.99. The summed E-state index contributed by atoms with van der Waals surface area (Å²) < 4.78 is 0. The molecule has 1 aliphatic carbocycles. The average molecular weight is 287 g/mol. The topological polar surface area (TPSA) is 62.3 Å². The number of piperidine rings is 1. The number of hydrogen-bond acceptors (Lipinski definition) is 3. The summed E-state index contributed by atoms with van der Waals surface area (Å²) in [6, 6.07) is 3.32. The van der Waals surface area contributed by atoms with E-state index in [1.807, 2.05) is 12.1 Å². The third kappa shape index (κ3) is 3.23. The molecular formula is C16H21N3O2. The lowest BCUT2D eigenvalue weighted by molar-refractivity contribution is -0.129. The van der Waals surface area contributed by atoms with Gasteiger partial charge in [0.05, 0.1) is 11.9 Å². The predicted octanol–water partition coefficient (Wildman–Crippen LogP) is 1.88. The van der Waals surface area contributed by atoms with E-state index in [2.05, 4.69) is 10.3 Å². The maximum atomic E-state index is 12.5. The van der Waals surface area contributed by atoms with Gasteiger partial charge in [-0.25, -0.2) is 0 Å². The Bertz CT molecular complexity index is 514. The summed E-state index contributed by atoms with van der Waals surface area (Å²) in [5, 5.41) is 2.92. The van der Waals surface area contributed by atoms with Crippen LogP contribution in [0.3, 0.4) is 0 Å². The molecule has 0 unspecified atom stereocenters. The quantitative estimate of drug-likeness (QED) is 0.919. The summed E-state index contributed by atoms with van der Waals surface area (Å²) in [4.78, 5) is 30.3. The van der Waals surface area contributed by atoms with Gasteiger partial charge in [0.15, 0.2) is 0 Å². The Hall–Kier alpha value is -1.91. The molecule has 1 aliphatic heterocycles. The highest BCUT2D eigenvalue weighted by atomic mass is 16.2. The molecule has 0 aromatic carbocycles. The minimum Gasteiger partial charge on any atom is -0.344 e. The molecule has 112 valence electrons. The van der Waals surface area contributed by atoms with Crippen LogP contribution in [-0.2, 0) is 9.59 Å². The largest absolute Gasteiger partial charge is 0.344 e. The van der Waals surface area contributed by atoms with Crippen LogP contribution in [0.2, 0.25) is 0 Å². The lowest BCUT2D eigenvalue weighted by Crippen LogP contribution is -2.52. The third-order valence-corrected chi connectivity index (χ3v) is 4.43. The van der Waals surface area contributed by atoms with Gasteiger partial charge in [-0.2, -0.15) is 0 Å². The summed E-state index contributed by atoms with van der Waals surface area (Å²) >= 11 is 0. The average Bonchev–Trinajstić information content (AvgIpc) is 2.46. The number of rotatable bonds is 4. The van der Waals surface area contributed by atoms with Gasteiger partial charge in [-0.05, 0) is 43.7 Å². The summed E-state index contributed by atoms with van der Waals surface area (Å²) in [5.74, 6) is 0.528. The molecule has 5 nitrogen and oxygen atoms in total. The maximum absolute atomic E-state index is 12.5. The Labute approximate surface area is 124 Å². The summed E-state index contributed by atoms with van der Waals surface area (Å²) in [6.07, 6.45) is 9.10. The van der Waals surface area contributed by atoms with Crippen molar-refractivity contribution in [2.45, 2.75) is 44.6 Å². The lowest BCUT2D eigenvalue weighted by Gasteiger charge is -2.33. The summed E-state index contributed by atoms with van der Waals surface area (Å²) in [6.45, 7) is 0.694. The number of aromatic nitrogens is 1. The SMILES string of the molecule is O=C(CC1CCC1)N[C@H]1CCCN(c2cccnc2)C1=O. The normalized spacial score (nSPS) is 22.8. The first-order chi connectivity index (χ1) is 10.2. The number of nitrogens with zero attached hydrogens (tertiary/aromatic N) is 2. The Morgan fingerprint density at radius 2 is 2.19 bits per heavy atom. The fraction of sp³-hybridized carbons (Fsp3) is 0.562. The van der Waals surface area contributed by atoms with Gasteiger partial charge in [-0.15, -0.1) is 0 Å². The molecule has 2 aliphatic rings. The number of amides is 2. The molecule has 2 heterocycles. The van der Waals surface area contributed by atoms with Crippen LogP contribution in [-0.4, -0.2) is 29.4 Å². The van der Waals surface area contributed by atoms with Crippen molar-refractivity contribution >= 4 is 17.5 Å². The van der Waals surface area contributed by atoms with Crippen molar-refractivity contribution in [3.8, 4) is 0 Å². The zero-order chi connectivity index (χ0) is 14.7. The Kier molecular flexibility index (Phi) is 4.18. The molecular weight excluding hydrogens is 266 g/mol. The third-order valence-electron chi connectivity index (χ3n) is 4.43. The van der Waals surface area contributed by atoms with Crippen LogP contribution in [0.1, 0.15) is 38.5 Å². The maximum Gasteiger partial charge on any atom is 0.249 e. The van der Waals surface area contributed by atoms with E-state index in [1.165, 1.54) is 6.42 Å². The van der Waals surface area contributed by atoms with Gasteiger partial charge in [-0.3, -0.25) is 14.6 Å². The van der Waals surface area contributed by atoms with Gasteiger partial charge in [0.25, 0.3) is 0 Å². The van der Waals surface area contributed by atoms with Crippen molar-refractivity contribution in [2.75, 3.05) is 11.4 Å². The molecule has 3 rings (SSSR count). The first kappa shape index (κ1) is 14.0. The second-order valence-electron chi connectivity index (χ2n) is 5.96. The van der Waals surface area contributed by atoms with E-state index in [0.29, 0.717) is 18.9 Å². The van der Waals surface area contributed by atoms with E-state index in [0.717, 1.165) is 31.4 Å². The van der Waals surface area contributed by atoms with Crippen LogP contribution in [0.15, 0.2) is 24.5 Å². The molecule has 1 aromatic rings. The van der Waals surface area contributed by atoms with E-state index in [9.17, 15) is 9.59 Å². The number of nitrogens with one attached hydrogen (secondary N) is 1. The van der Waals surface area contributed by atoms with E-state index < -0.39 is 0 Å². The molecule has 2 fully saturated rings. The molecule has 21 heavy (non-hydrogen) atoms. The molecule has 0 radical (unpaired) electrons. The van der Waals surface area contributed by atoms with Crippen LogP contribution in [0, 0.1) is 5.92 Å². The number of anilines is 1. The molecule has 0 spiro atoms. The Balaban J connectivity index is 1.60. The first-order valence-electron chi connectivity index (χ1n) is 7.75. The lowest BCUT2D eigenvalue weighted by atomic mass is 9.83. The van der Waals surface area contributed by atoms with Crippen LogP contribution in [0.5, 0.6) is 0 Å². The van der Waals surface area contributed by atoms with Gasteiger partial charge >= 0.3 is 0 Å². The van der Waals surface area contributed by atoms with Crippen molar-refractivity contribution in [1.29, 1.82) is 0 Å². The number of carbonyl (C=O) groups is 2. The van der Waals surface area contributed by atoms with Crippen molar-refractivity contribution in [2.24, 2.45) is 5.92 Å². The van der Waals surface area contributed by atoms with Crippen molar-refractivity contribution in [3.63, 3.8) is 0 Å². The van der Waals surface area contributed by atoms with E-state index in [1.54, 1.807) is 17.3 Å². The van der Waals surface area contributed by atoms with E-state index in [4.69, 9.17) is 0 Å². The molecule has 1 N–H and O–H groups in total. The van der Waals surface area contributed by atoms with Gasteiger partial charge < -0.3 is 10.2 Å². The van der Waals surface area contributed by atoms with Gasteiger partial charge in [0.1, 0.15) is 6.04 Å². The van der Waals surface area contributed by atoms with Crippen LogP contribution in [0.4, 0.5) is 5.69 Å². The van der Waals surface area contributed by atoms with Crippen LogP contribution in [0.25, 0.3) is 0 Å². The molecule has 0 bridgehead atoms. The monoisotopic (exact) mass is 287 g/mol. The fourth-order valence-electron chi connectivity index (χ4n) is 2.99. The molecule has 1 saturated carbocycles. The second kappa shape index (κ2) is 6.24. The van der Waals surface area contributed by atoms with Gasteiger partial charge in [-0.1, -0.05) is 6.42 Å². The number of carbonyl (C=O) groups excluding carboxylic acids is 2. The molecule has 1 aromatic heterocycles.